The number of amides is 1. The molecule has 1 saturated carbocycles. The van der Waals surface area contributed by atoms with E-state index in [1.165, 1.54) is 0 Å². The van der Waals surface area contributed by atoms with E-state index in [-0.39, 0.29) is 5.91 Å². The van der Waals surface area contributed by atoms with E-state index < -0.39 is 6.23 Å². The Labute approximate surface area is 189 Å². The molecule has 4 rings (SSSR count). The van der Waals surface area contributed by atoms with Crippen LogP contribution < -0.4 is 20.7 Å². The van der Waals surface area contributed by atoms with Gasteiger partial charge < -0.3 is 25.8 Å². The number of para-hydroxylation sites is 2. The lowest BCUT2D eigenvalue weighted by atomic mass is 10.1. The van der Waals surface area contributed by atoms with Crippen LogP contribution in [0.4, 0.5) is 5.69 Å². The molecule has 1 atom stereocenters. The Morgan fingerprint density at radius 2 is 1.88 bits per heavy atom. The number of nitrogens with one attached hydrogen (secondary N) is 3. The molecule has 0 radical (unpaired) electrons. The van der Waals surface area contributed by atoms with E-state index in [1.54, 1.807) is 6.07 Å². The molecule has 2 aliphatic rings. The van der Waals surface area contributed by atoms with E-state index in [9.17, 15) is 9.90 Å². The van der Waals surface area contributed by atoms with Gasteiger partial charge in [0.2, 0.25) is 0 Å². The van der Waals surface area contributed by atoms with Gasteiger partial charge in [0.05, 0.1) is 5.69 Å². The first-order valence-corrected chi connectivity index (χ1v) is 11.5. The van der Waals surface area contributed by atoms with Crippen LogP contribution >= 0.6 is 0 Å². The molecule has 1 aliphatic heterocycles. The van der Waals surface area contributed by atoms with Crippen LogP contribution in [-0.4, -0.2) is 36.3 Å². The van der Waals surface area contributed by atoms with Crippen molar-refractivity contribution in [2.24, 2.45) is 10.9 Å². The maximum Gasteiger partial charge on any atom is 0.280 e. The number of hydrogen-bond donors (Lipinski definition) is 4. The first-order chi connectivity index (χ1) is 15.5. The van der Waals surface area contributed by atoms with E-state index in [0.717, 1.165) is 49.4 Å². The number of hydrogen-bond acceptors (Lipinski definition) is 4. The Bertz CT molecular complexity index is 977. The first kappa shape index (κ1) is 22.1. The predicted molar refractivity (Wildman–Crippen MR) is 126 cm³/mol. The van der Waals surface area contributed by atoms with Gasteiger partial charge in [-0.1, -0.05) is 26.0 Å². The van der Waals surface area contributed by atoms with E-state index in [1.807, 2.05) is 36.4 Å². The molecule has 7 heteroatoms. The second-order valence-electron chi connectivity index (χ2n) is 8.88. The second kappa shape index (κ2) is 10.0. The molecule has 2 aromatic rings. The molecule has 2 aromatic carbocycles. The molecule has 0 bridgehead atoms. The third-order valence-electron chi connectivity index (χ3n) is 5.64. The number of aliphatic hydroxyl groups excluding tert-OH is 1. The van der Waals surface area contributed by atoms with Gasteiger partial charge in [0, 0.05) is 18.7 Å². The zero-order chi connectivity index (χ0) is 22.5. The Morgan fingerprint density at radius 1 is 1.12 bits per heavy atom. The minimum absolute atomic E-state index is 0.273. The third-order valence-corrected chi connectivity index (χ3v) is 5.64. The van der Waals surface area contributed by atoms with Crippen LogP contribution in [0.5, 0.6) is 11.5 Å². The highest BCUT2D eigenvalue weighted by molar-refractivity contribution is 6.03. The summed E-state index contributed by atoms with van der Waals surface area (Å²) in [6.07, 6.45) is 3.14. The number of rotatable bonds is 9. The van der Waals surface area contributed by atoms with E-state index in [0.29, 0.717) is 35.5 Å². The maximum atomic E-state index is 12.6. The van der Waals surface area contributed by atoms with Gasteiger partial charge in [0.1, 0.15) is 12.0 Å². The van der Waals surface area contributed by atoms with E-state index >= 15 is 0 Å². The summed E-state index contributed by atoms with van der Waals surface area (Å²) < 4.78 is 6.29. The zero-order valence-corrected chi connectivity index (χ0v) is 18.7. The molecular weight excluding hydrogens is 404 g/mol. The molecular formula is C25H32N4O3. The number of aliphatic hydroxyl groups is 1. The highest BCUT2D eigenvalue weighted by atomic mass is 16.5. The number of carbonyl (C=O) groups excluding carboxylic acids is 1. The van der Waals surface area contributed by atoms with Crippen molar-refractivity contribution in [2.75, 3.05) is 18.4 Å². The van der Waals surface area contributed by atoms with Crippen molar-refractivity contribution in [3.8, 4) is 11.5 Å². The molecule has 0 aromatic heterocycles. The molecule has 7 nitrogen and oxygen atoms in total. The smallest absolute Gasteiger partial charge is 0.280 e. The molecule has 32 heavy (non-hydrogen) atoms. The Kier molecular flexibility index (Phi) is 6.95. The number of benzene rings is 2. The second-order valence-corrected chi connectivity index (χ2v) is 8.88. The summed E-state index contributed by atoms with van der Waals surface area (Å²) in [6, 6.07) is 13.1. The van der Waals surface area contributed by atoms with Crippen molar-refractivity contribution in [3.63, 3.8) is 0 Å². The predicted octanol–water partition coefficient (Wildman–Crippen LogP) is 4.21. The van der Waals surface area contributed by atoms with Gasteiger partial charge >= 0.3 is 0 Å². The monoisotopic (exact) mass is 436 g/mol. The van der Waals surface area contributed by atoms with Gasteiger partial charge in [-0.25, -0.2) is 0 Å². The number of anilines is 1. The van der Waals surface area contributed by atoms with Gasteiger partial charge in [-0.3, -0.25) is 4.79 Å². The molecule has 1 unspecified atom stereocenters. The topological polar surface area (TPSA) is 95.0 Å². The van der Waals surface area contributed by atoms with Gasteiger partial charge in [0.15, 0.2) is 11.7 Å². The number of aliphatic imine (C=N–C) groups is 1. The highest BCUT2D eigenvalue weighted by Gasteiger charge is 2.28. The number of ether oxygens (including phenoxy) is 1. The van der Waals surface area contributed by atoms with Crippen molar-refractivity contribution in [2.45, 2.75) is 51.7 Å². The molecule has 2 fully saturated rings. The van der Waals surface area contributed by atoms with Crippen LogP contribution in [0.25, 0.3) is 0 Å². The van der Waals surface area contributed by atoms with Crippen LogP contribution in [0.15, 0.2) is 47.5 Å². The summed E-state index contributed by atoms with van der Waals surface area (Å²) in [4.78, 5) is 16.7. The fourth-order valence-electron chi connectivity index (χ4n) is 3.69. The molecule has 4 N–H and O–H groups in total. The summed E-state index contributed by atoms with van der Waals surface area (Å²) in [7, 11) is 0. The molecule has 1 amide bonds. The molecule has 0 spiro atoms. The third kappa shape index (κ3) is 5.79. The fourth-order valence-corrected chi connectivity index (χ4v) is 3.69. The number of nitrogens with zero attached hydrogens (tertiary/aromatic N) is 1. The van der Waals surface area contributed by atoms with Crippen molar-refractivity contribution in [1.82, 2.24) is 10.6 Å². The lowest BCUT2D eigenvalue weighted by Gasteiger charge is -2.19. The van der Waals surface area contributed by atoms with Gasteiger partial charge in [0.25, 0.3) is 5.91 Å². The largest absolute Gasteiger partial charge is 0.455 e. The van der Waals surface area contributed by atoms with Gasteiger partial charge in [-0.15, -0.1) is 0 Å². The average Bonchev–Trinajstić information content (AvgIpc) is 3.50. The SMILES string of the molecule is CC(C)CCC(O)Nc1ccccc1Oc1ccc(C(=O)N=C2NCCN2)cc1C1CC1. The summed E-state index contributed by atoms with van der Waals surface area (Å²) in [6.45, 7) is 5.83. The summed E-state index contributed by atoms with van der Waals surface area (Å²) >= 11 is 0. The molecule has 1 aliphatic carbocycles. The average molecular weight is 437 g/mol. The van der Waals surface area contributed by atoms with Crippen molar-refractivity contribution in [1.29, 1.82) is 0 Å². The summed E-state index contributed by atoms with van der Waals surface area (Å²) in [5.74, 6) is 2.57. The van der Waals surface area contributed by atoms with Crippen molar-refractivity contribution in [3.05, 3.63) is 53.6 Å². The minimum atomic E-state index is -0.637. The fraction of sp³-hybridized carbons (Fsp3) is 0.440. The number of guanidine groups is 1. The minimum Gasteiger partial charge on any atom is -0.455 e. The van der Waals surface area contributed by atoms with Gasteiger partial charge in [-0.05, 0) is 73.4 Å². The Morgan fingerprint density at radius 3 is 2.59 bits per heavy atom. The normalized spacial score (nSPS) is 16.3. The van der Waals surface area contributed by atoms with Crippen LogP contribution in [-0.2, 0) is 0 Å². The first-order valence-electron chi connectivity index (χ1n) is 11.5. The van der Waals surface area contributed by atoms with E-state index in [4.69, 9.17) is 4.74 Å². The highest BCUT2D eigenvalue weighted by Crippen LogP contribution is 2.46. The summed E-state index contributed by atoms with van der Waals surface area (Å²) in [5.41, 5.74) is 2.33. The maximum absolute atomic E-state index is 12.6. The zero-order valence-electron chi connectivity index (χ0n) is 18.7. The molecule has 1 heterocycles. The van der Waals surface area contributed by atoms with Crippen molar-refractivity contribution >= 4 is 17.6 Å². The lowest BCUT2D eigenvalue weighted by Crippen LogP contribution is -2.25. The lowest BCUT2D eigenvalue weighted by molar-refractivity contribution is 0.100. The van der Waals surface area contributed by atoms with Crippen LogP contribution in [0.3, 0.4) is 0 Å². The van der Waals surface area contributed by atoms with Crippen molar-refractivity contribution < 1.29 is 14.6 Å². The van der Waals surface area contributed by atoms with Crippen LogP contribution in [0.1, 0.15) is 61.4 Å². The quantitative estimate of drug-likeness (QED) is 0.440. The summed E-state index contributed by atoms with van der Waals surface area (Å²) in [5, 5.41) is 19.7. The standard InChI is InChI=1S/C25H32N4O3/c1-16(2)7-12-23(30)28-20-5-3-4-6-22(20)32-21-11-10-18(15-19(21)17-8-9-17)24(31)29-25-26-13-14-27-25/h3-6,10-11,15-17,23,28,30H,7-9,12-14H2,1-2H3,(H2,26,27,29,31). The Balaban J connectivity index is 1.52. The molecule has 170 valence electrons. The molecule has 1 saturated heterocycles. The van der Waals surface area contributed by atoms with Crippen LogP contribution in [0.2, 0.25) is 0 Å². The van der Waals surface area contributed by atoms with E-state index in [2.05, 4.69) is 34.8 Å². The van der Waals surface area contributed by atoms with Crippen LogP contribution in [0, 0.1) is 5.92 Å². The van der Waals surface area contributed by atoms with Gasteiger partial charge in [-0.2, -0.15) is 4.99 Å². The Hall–Kier alpha value is -3.06. The number of carbonyl (C=O) groups is 1.